The van der Waals surface area contributed by atoms with E-state index in [2.05, 4.69) is 0 Å². The molecule has 0 saturated heterocycles. The average Bonchev–Trinajstić information content (AvgIpc) is 2.32. The molecule has 0 N–H and O–H groups in total. The summed E-state index contributed by atoms with van der Waals surface area (Å²) in [5.41, 5.74) is 0. The van der Waals surface area contributed by atoms with Crippen molar-refractivity contribution in [3.63, 3.8) is 0 Å². The molecular formula is C13H24O4. The minimum atomic E-state index is -0.499. The van der Waals surface area contributed by atoms with Gasteiger partial charge in [0.1, 0.15) is 12.5 Å². The first-order valence-electron chi connectivity index (χ1n) is 6.38. The molecule has 0 aliphatic heterocycles. The maximum atomic E-state index is 11.4. The molecule has 0 fully saturated rings. The molecule has 0 amide bonds. The molecule has 1 unspecified atom stereocenters. The van der Waals surface area contributed by atoms with Crippen LogP contribution in [-0.4, -0.2) is 24.6 Å². The van der Waals surface area contributed by atoms with Gasteiger partial charge in [0.15, 0.2) is 0 Å². The number of rotatable bonds is 8. The van der Waals surface area contributed by atoms with Gasteiger partial charge in [-0.25, -0.2) is 0 Å². The fourth-order valence-corrected chi connectivity index (χ4v) is 1.20. The highest BCUT2D eigenvalue weighted by atomic mass is 16.6. The Balaban J connectivity index is 3.83. The largest absolute Gasteiger partial charge is 0.465 e. The lowest BCUT2D eigenvalue weighted by atomic mass is 10.1. The Morgan fingerprint density at radius 2 is 1.59 bits per heavy atom. The Morgan fingerprint density at radius 1 is 1.00 bits per heavy atom. The smallest absolute Gasteiger partial charge is 0.317 e. The molecule has 0 bridgehead atoms. The van der Waals surface area contributed by atoms with E-state index in [1.165, 1.54) is 0 Å². The molecular weight excluding hydrogens is 220 g/mol. The second kappa shape index (κ2) is 9.02. The number of carbonyl (C=O) groups excluding carboxylic acids is 2. The summed E-state index contributed by atoms with van der Waals surface area (Å²) >= 11 is 0. The van der Waals surface area contributed by atoms with Crippen LogP contribution in [0.15, 0.2) is 0 Å². The Morgan fingerprint density at radius 3 is 2.06 bits per heavy atom. The van der Waals surface area contributed by atoms with Gasteiger partial charge in [0, 0.05) is 0 Å². The van der Waals surface area contributed by atoms with E-state index in [9.17, 15) is 9.59 Å². The van der Waals surface area contributed by atoms with Crippen molar-refractivity contribution in [1.82, 2.24) is 0 Å². The van der Waals surface area contributed by atoms with Crippen LogP contribution in [0.25, 0.3) is 0 Å². The van der Waals surface area contributed by atoms with E-state index < -0.39 is 11.9 Å². The van der Waals surface area contributed by atoms with Crippen molar-refractivity contribution < 1.29 is 19.1 Å². The van der Waals surface area contributed by atoms with Crippen LogP contribution in [0.4, 0.5) is 0 Å². The fraction of sp³-hybridized carbons (Fsp3) is 0.846. The summed E-state index contributed by atoms with van der Waals surface area (Å²) in [5, 5.41) is 0. The van der Waals surface area contributed by atoms with Crippen molar-refractivity contribution in [2.75, 3.05) is 6.61 Å². The molecule has 0 aromatic heterocycles. The van der Waals surface area contributed by atoms with Gasteiger partial charge < -0.3 is 9.47 Å². The van der Waals surface area contributed by atoms with Gasteiger partial charge in [0.05, 0.1) is 6.61 Å². The first-order valence-corrected chi connectivity index (χ1v) is 6.38. The Labute approximate surface area is 104 Å². The SMILES string of the molecule is CCC(C)COC(=O)CC(=O)OC(CC)CC. The minimum Gasteiger partial charge on any atom is -0.465 e. The van der Waals surface area contributed by atoms with Gasteiger partial charge >= 0.3 is 11.9 Å². The molecule has 4 nitrogen and oxygen atoms in total. The minimum absolute atomic E-state index is 0.0927. The third-order valence-electron chi connectivity index (χ3n) is 2.72. The summed E-state index contributed by atoms with van der Waals surface area (Å²) in [6.07, 6.45) is 2.11. The number of esters is 2. The van der Waals surface area contributed by atoms with E-state index in [0.29, 0.717) is 12.5 Å². The van der Waals surface area contributed by atoms with Gasteiger partial charge in [0.25, 0.3) is 0 Å². The van der Waals surface area contributed by atoms with Crippen LogP contribution in [0.1, 0.15) is 53.4 Å². The molecule has 0 aromatic rings. The lowest BCUT2D eigenvalue weighted by Crippen LogP contribution is -2.21. The summed E-state index contributed by atoms with van der Waals surface area (Å²) in [5.74, 6) is -0.664. The van der Waals surface area contributed by atoms with Gasteiger partial charge in [-0.05, 0) is 18.8 Å². The standard InChI is InChI=1S/C13H24O4/c1-5-10(4)9-16-12(14)8-13(15)17-11(6-2)7-3/h10-11H,5-9H2,1-4H3. The van der Waals surface area contributed by atoms with E-state index in [4.69, 9.17) is 9.47 Å². The highest BCUT2D eigenvalue weighted by Crippen LogP contribution is 2.06. The molecule has 17 heavy (non-hydrogen) atoms. The van der Waals surface area contributed by atoms with E-state index in [1.807, 2.05) is 27.7 Å². The summed E-state index contributed by atoms with van der Waals surface area (Å²) in [4.78, 5) is 22.7. The second-order valence-electron chi connectivity index (χ2n) is 4.30. The van der Waals surface area contributed by atoms with Crippen molar-refractivity contribution in [2.24, 2.45) is 5.92 Å². The van der Waals surface area contributed by atoms with Crippen LogP contribution in [0, 0.1) is 5.92 Å². The van der Waals surface area contributed by atoms with E-state index >= 15 is 0 Å². The topological polar surface area (TPSA) is 52.6 Å². The lowest BCUT2D eigenvalue weighted by molar-refractivity contribution is -0.158. The fourth-order valence-electron chi connectivity index (χ4n) is 1.20. The Kier molecular flexibility index (Phi) is 8.46. The predicted octanol–water partition coefficient (Wildman–Crippen LogP) is 2.70. The summed E-state index contributed by atoms with van der Waals surface area (Å²) in [7, 11) is 0. The number of hydrogen-bond donors (Lipinski definition) is 0. The lowest BCUT2D eigenvalue weighted by Gasteiger charge is -2.14. The third kappa shape index (κ3) is 7.77. The monoisotopic (exact) mass is 244 g/mol. The first-order chi connectivity index (χ1) is 8.03. The molecule has 4 heteroatoms. The van der Waals surface area contributed by atoms with Crippen molar-refractivity contribution in [2.45, 2.75) is 59.5 Å². The van der Waals surface area contributed by atoms with Gasteiger partial charge in [-0.15, -0.1) is 0 Å². The Bertz CT molecular complexity index is 234. The molecule has 0 heterocycles. The zero-order chi connectivity index (χ0) is 13.3. The van der Waals surface area contributed by atoms with Crippen LogP contribution in [0.3, 0.4) is 0 Å². The van der Waals surface area contributed by atoms with Crippen LogP contribution in [-0.2, 0) is 19.1 Å². The molecule has 100 valence electrons. The number of hydrogen-bond acceptors (Lipinski definition) is 4. The van der Waals surface area contributed by atoms with Crippen molar-refractivity contribution >= 4 is 11.9 Å². The molecule has 0 radical (unpaired) electrons. The van der Waals surface area contributed by atoms with Crippen molar-refractivity contribution in [1.29, 1.82) is 0 Å². The van der Waals surface area contributed by atoms with E-state index in [-0.39, 0.29) is 12.5 Å². The summed E-state index contributed by atoms with van der Waals surface area (Å²) < 4.78 is 10.1. The second-order valence-corrected chi connectivity index (χ2v) is 4.30. The van der Waals surface area contributed by atoms with Crippen LogP contribution < -0.4 is 0 Å². The predicted molar refractivity (Wildman–Crippen MR) is 65.5 cm³/mol. The molecule has 0 aliphatic rings. The quantitative estimate of drug-likeness (QED) is 0.486. The van der Waals surface area contributed by atoms with E-state index in [1.54, 1.807) is 0 Å². The zero-order valence-corrected chi connectivity index (χ0v) is 11.3. The zero-order valence-electron chi connectivity index (χ0n) is 11.3. The highest BCUT2D eigenvalue weighted by Gasteiger charge is 2.16. The summed E-state index contributed by atoms with van der Waals surface area (Å²) in [6, 6.07) is 0. The maximum absolute atomic E-state index is 11.4. The Hall–Kier alpha value is -1.06. The maximum Gasteiger partial charge on any atom is 0.317 e. The molecule has 1 atom stereocenters. The number of ether oxygens (including phenoxy) is 2. The van der Waals surface area contributed by atoms with Gasteiger partial charge in [-0.3, -0.25) is 9.59 Å². The first kappa shape index (κ1) is 15.9. The molecule has 0 aliphatic carbocycles. The normalized spacial score (nSPS) is 12.3. The molecule has 0 aromatic carbocycles. The molecule has 0 rings (SSSR count). The van der Waals surface area contributed by atoms with Crippen LogP contribution >= 0.6 is 0 Å². The molecule has 0 saturated carbocycles. The van der Waals surface area contributed by atoms with Gasteiger partial charge in [0.2, 0.25) is 0 Å². The van der Waals surface area contributed by atoms with E-state index in [0.717, 1.165) is 19.3 Å². The average molecular weight is 244 g/mol. The third-order valence-corrected chi connectivity index (χ3v) is 2.72. The van der Waals surface area contributed by atoms with Crippen LogP contribution in [0.2, 0.25) is 0 Å². The summed E-state index contributed by atoms with van der Waals surface area (Å²) in [6.45, 7) is 8.29. The van der Waals surface area contributed by atoms with Crippen molar-refractivity contribution in [3.8, 4) is 0 Å². The molecule has 0 spiro atoms. The van der Waals surface area contributed by atoms with Crippen LogP contribution in [0.5, 0.6) is 0 Å². The highest BCUT2D eigenvalue weighted by molar-refractivity contribution is 5.91. The van der Waals surface area contributed by atoms with Gasteiger partial charge in [-0.1, -0.05) is 34.1 Å². The number of carbonyl (C=O) groups is 2. The van der Waals surface area contributed by atoms with Crippen molar-refractivity contribution in [3.05, 3.63) is 0 Å². The van der Waals surface area contributed by atoms with Gasteiger partial charge in [-0.2, -0.15) is 0 Å².